The molecule has 0 aliphatic carbocycles. The maximum atomic E-state index is 13.2. The monoisotopic (exact) mass is 520 g/mol. The molecular formula is C34H36N2O3. The molecule has 5 heteroatoms. The largest absolute Gasteiger partial charge is 0.491 e. The van der Waals surface area contributed by atoms with Crippen molar-refractivity contribution >= 4 is 17.3 Å². The summed E-state index contributed by atoms with van der Waals surface area (Å²) in [6.07, 6.45) is 0.109. The molecular weight excluding hydrogens is 484 g/mol. The first-order chi connectivity index (χ1) is 18.9. The van der Waals surface area contributed by atoms with Gasteiger partial charge in [0.25, 0.3) is 0 Å². The second kappa shape index (κ2) is 10.9. The van der Waals surface area contributed by atoms with Crippen LogP contribution >= 0.6 is 0 Å². The fourth-order valence-corrected chi connectivity index (χ4v) is 5.42. The Kier molecular flexibility index (Phi) is 7.34. The quantitative estimate of drug-likeness (QED) is 0.228. The normalized spacial score (nSPS) is 16.1. The average molecular weight is 521 g/mol. The van der Waals surface area contributed by atoms with E-state index in [0.717, 1.165) is 58.0 Å². The molecule has 1 aliphatic rings. The number of fused-ring (bicyclic) bond motifs is 1. The predicted molar refractivity (Wildman–Crippen MR) is 159 cm³/mol. The molecule has 0 spiro atoms. The van der Waals surface area contributed by atoms with Crippen molar-refractivity contribution in [2.45, 2.75) is 46.4 Å². The SMILES string of the molecule is CCN(CC)c1ccc(C2(Nc3ccccc3-c3ccc(OC(C)C)cc3)OC(=O)c3ccccc32)c(C)c1. The maximum Gasteiger partial charge on any atom is 0.341 e. The summed E-state index contributed by atoms with van der Waals surface area (Å²) in [7, 11) is 0. The summed E-state index contributed by atoms with van der Waals surface area (Å²) in [6.45, 7) is 12.3. The Labute approximate surface area is 231 Å². The molecule has 0 radical (unpaired) electrons. The third-order valence-corrected chi connectivity index (χ3v) is 7.26. The Morgan fingerprint density at radius 2 is 1.51 bits per heavy atom. The molecule has 200 valence electrons. The van der Waals surface area contributed by atoms with Crippen LogP contribution in [0.2, 0.25) is 0 Å². The Bertz CT molecular complexity index is 1470. The lowest BCUT2D eigenvalue weighted by atomic mass is 9.88. The van der Waals surface area contributed by atoms with E-state index in [4.69, 9.17) is 9.47 Å². The Morgan fingerprint density at radius 3 is 2.18 bits per heavy atom. The van der Waals surface area contributed by atoms with Gasteiger partial charge in [0.2, 0.25) is 5.72 Å². The molecule has 39 heavy (non-hydrogen) atoms. The summed E-state index contributed by atoms with van der Waals surface area (Å²) in [5, 5.41) is 3.70. The van der Waals surface area contributed by atoms with E-state index < -0.39 is 5.72 Å². The molecule has 4 aromatic carbocycles. The molecule has 1 heterocycles. The molecule has 0 amide bonds. The number of para-hydroxylation sites is 1. The van der Waals surface area contributed by atoms with Gasteiger partial charge in [0.05, 0.1) is 11.7 Å². The zero-order valence-corrected chi connectivity index (χ0v) is 23.3. The molecule has 5 rings (SSSR count). The van der Waals surface area contributed by atoms with Gasteiger partial charge in [-0.25, -0.2) is 4.79 Å². The van der Waals surface area contributed by atoms with Gasteiger partial charge >= 0.3 is 5.97 Å². The first-order valence-corrected chi connectivity index (χ1v) is 13.7. The van der Waals surface area contributed by atoms with Gasteiger partial charge < -0.3 is 19.7 Å². The number of hydrogen-bond donors (Lipinski definition) is 1. The number of cyclic esters (lactones) is 1. The maximum absolute atomic E-state index is 13.2. The smallest absolute Gasteiger partial charge is 0.341 e. The van der Waals surface area contributed by atoms with Crippen molar-refractivity contribution in [1.82, 2.24) is 0 Å². The minimum absolute atomic E-state index is 0.109. The van der Waals surface area contributed by atoms with Gasteiger partial charge in [-0.3, -0.25) is 0 Å². The number of carbonyl (C=O) groups is 1. The van der Waals surface area contributed by atoms with Gasteiger partial charge in [-0.15, -0.1) is 0 Å². The fraction of sp³-hybridized carbons (Fsp3) is 0.265. The number of rotatable bonds is 9. The number of benzene rings is 4. The van der Waals surface area contributed by atoms with E-state index in [2.05, 4.69) is 67.4 Å². The average Bonchev–Trinajstić information content (AvgIpc) is 3.22. The summed E-state index contributed by atoms with van der Waals surface area (Å²) in [6, 6.07) is 30.2. The highest BCUT2D eigenvalue weighted by molar-refractivity contribution is 5.96. The molecule has 0 fully saturated rings. The van der Waals surface area contributed by atoms with Gasteiger partial charge in [-0.2, -0.15) is 0 Å². The van der Waals surface area contributed by atoms with Crippen LogP contribution in [0.1, 0.15) is 54.7 Å². The number of nitrogens with one attached hydrogen (secondary N) is 1. The van der Waals surface area contributed by atoms with Crippen LogP contribution in [0.5, 0.6) is 5.75 Å². The summed E-state index contributed by atoms with van der Waals surface area (Å²) < 4.78 is 12.2. The fourth-order valence-electron chi connectivity index (χ4n) is 5.42. The lowest BCUT2D eigenvalue weighted by Gasteiger charge is -2.34. The molecule has 5 nitrogen and oxygen atoms in total. The Balaban J connectivity index is 1.63. The molecule has 1 atom stereocenters. The number of ether oxygens (including phenoxy) is 2. The number of anilines is 2. The minimum atomic E-state index is -1.17. The molecule has 0 aromatic heterocycles. The summed E-state index contributed by atoms with van der Waals surface area (Å²) in [5.74, 6) is 0.496. The van der Waals surface area contributed by atoms with E-state index in [0.29, 0.717) is 5.56 Å². The van der Waals surface area contributed by atoms with Crippen molar-refractivity contribution in [3.8, 4) is 16.9 Å². The summed E-state index contributed by atoms with van der Waals surface area (Å²) in [4.78, 5) is 15.5. The van der Waals surface area contributed by atoms with Crippen LogP contribution < -0.4 is 15.0 Å². The number of nitrogens with zero attached hydrogens (tertiary/aromatic N) is 1. The van der Waals surface area contributed by atoms with Crippen LogP contribution in [0.25, 0.3) is 11.1 Å². The van der Waals surface area contributed by atoms with Crippen LogP contribution in [0.4, 0.5) is 11.4 Å². The third-order valence-electron chi connectivity index (χ3n) is 7.26. The highest BCUT2D eigenvalue weighted by atomic mass is 16.6. The van der Waals surface area contributed by atoms with Crippen molar-refractivity contribution in [2.75, 3.05) is 23.3 Å². The van der Waals surface area contributed by atoms with E-state index in [1.165, 1.54) is 0 Å². The van der Waals surface area contributed by atoms with Gasteiger partial charge in [0.1, 0.15) is 5.75 Å². The van der Waals surface area contributed by atoms with Crippen molar-refractivity contribution in [2.24, 2.45) is 0 Å². The lowest BCUT2D eigenvalue weighted by Crippen LogP contribution is -2.38. The summed E-state index contributed by atoms with van der Waals surface area (Å²) >= 11 is 0. The third kappa shape index (κ3) is 4.97. The van der Waals surface area contributed by atoms with Crippen molar-refractivity contribution in [1.29, 1.82) is 0 Å². The number of carbonyl (C=O) groups excluding carboxylic acids is 1. The number of hydrogen-bond acceptors (Lipinski definition) is 5. The van der Waals surface area contributed by atoms with E-state index in [-0.39, 0.29) is 12.1 Å². The van der Waals surface area contributed by atoms with E-state index in [9.17, 15) is 4.79 Å². The number of aryl methyl sites for hydroxylation is 1. The van der Waals surface area contributed by atoms with Crippen LogP contribution in [0.15, 0.2) is 91.0 Å². The first kappa shape index (κ1) is 26.4. The van der Waals surface area contributed by atoms with Crippen LogP contribution in [-0.4, -0.2) is 25.2 Å². The molecule has 1 aliphatic heterocycles. The predicted octanol–water partition coefficient (Wildman–Crippen LogP) is 7.78. The number of esters is 1. The zero-order chi connectivity index (χ0) is 27.6. The van der Waals surface area contributed by atoms with Crippen LogP contribution in [0, 0.1) is 6.92 Å². The van der Waals surface area contributed by atoms with Crippen LogP contribution in [0.3, 0.4) is 0 Å². The minimum Gasteiger partial charge on any atom is -0.491 e. The lowest BCUT2D eigenvalue weighted by molar-refractivity contribution is 0.0211. The van der Waals surface area contributed by atoms with Crippen molar-refractivity contribution < 1.29 is 14.3 Å². The first-order valence-electron chi connectivity index (χ1n) is 13.7. The highest BCUT2D eigenvalue weighted by Gasteiger charge is 2.48. The molecule has 0 bridgehead atoms. The van der Waals surface area contributed by atoms with Gasteiger partial charge in [0, 0.05) is 41.2 Å². The second-order valence-electron chi connectivity index (χ2n) is 10.1. The van der Waals surface area contributed by atoms with Gasteiger partial charge in [-0.1, -0.05) is 54.6 Å². The molecule has 1 unspecified atom stereocenters. The van der Waals surface area contributed by atoms with E-state index >= 15 is 0 Å². The topological polar surface area (TPSA) is 50.8 Å². The zero-order valence-electron chi connectivity index (χ0n) is 23.3. The van der Waals surface area contributed by atoms with Crippen molar-refractivity contribution in [3.63, 3.8) is 0 Å². The highest BCUT2D eigenvalue weighted by Crippen LogP contribution is 2.45. The second-order valence-corrected chi connectivity index (χ2v) is 10.1. The Hall–Kier alpha value is -4.25. The molecule has 0 saturated heterocycles. The van der Waals surface area contributed by atoms with Gasteiger partial charge in [0.15, 0.2) is 0 Å². The molecule has 4 aromatic rings. The standard InChI is InChI=1S/C34H36N2O3/c1-6-36(7-2)26-18-21-30(24(5)22-26)34(31-14-10-8-13-29(31)33(37)39-34)35-32-15-11-9-12-28(32)25-16-19-27(20-17-25)38-23(3)4/h8-23,35H,6-7H2,1-5H3. The Morgan fingerprint density at radius 1 is 0.846 bits per heavy atom. The molecule has 1 N–H and O–H groups in total. The van der Waals surface area contributed by atoms with E-state index in [1.807, 2.05) is 68.4 Å². The van der Waals surface area contributed by atoms with Crippen molar-refractivity contribution in [3.05, 3.63) is 113 Å². The molecule has 0 saturated carbocycles. The van der Waals surface area contributed by atoms with Gasteiger partial charge in [-0.05, 0) is 82.1 Å². The summed E-state index contributed by atoms with van der Waals surface area (Å²) in [5.41, 5.74) is 6.23. The van der Waals surface area contributed by atoms with Crippen LogP contribution in [-0.2, 0) is 10.5 Å². The van der Waals surface area contributed by atoms with E-state index in [1.54, 1.807) is 0 Å².